The quantitative estimate of drug-likeness (QED) is 0.660. The van der Waals surface area contributed by atoms with Crippen molar-refractivity contribution in [2.75, 3.05) is 18.6 Å². The predicted octanol–water partition coefficient (Wildman–Crippen LogP) is 3.15. The summed E-state index contributed by atoms with van der Waals surface area (Å²) in [6, 6.07) is 13.9. The predicted molar refractivity (Wildman–Crippen MR) is 92.5 cm³/mol. The second-order valence-corrected chi connectivity index (χ2v) is 6.49. The lowest BCUT2D eigenvalue weighted by atomic mass is 10.1. The highest BCUT2D eigenvalue weighted by Gasteiger charge is 2.27. The summed E-state index contributed by atoms with van der Waals surface area (Å²) < 4.78 is 2.64. The molecule has 3 heterocycles. The number of carbonyl (C=O) groups excluding carboxylic acids is 1. The van der Waals surface area contributed by atoms with Gasteiger partial charge in [0.2, 0.25) is 0 Å². The van der Waals surface area contributed by atoms with Crippen molar-refractivity contribution in [2.24, 2.45) is 0 Å². The standard InChI is InChI=1S/C17H15BrN4O/c1-20-16-5-3-2-4-12(16)8-9-22(20)17(23)15-10-14-7-6-13(18)11-21(14)19-15/h2-7,10-11H,8-9H2,1H3. The fraction of sp³-hybridized carbons (Fsp3) is 0.176. The number of rotatable bonds is 1. The van der Waals surface area contributed by atoms with Gasteiger partial charge in [0.25, 0.3) is 5.91 Å². The first-order valence-corrected chi connectivity index (χ1v) is 8.21. The maximum Gasteiger partial charge on any atom is 0.292 e. The highest BCUT2D eigenvalue weighted by atomic mass is 79.9. The minimum atomic E-state index is -0.0816. The number of anilines is 1. The normalized spacial score (nSPS) is 14.2. The maximum absolute atomic E-state index is 12.9. The first kappa shape index (κ1) is 14.3. The Morgan fingerprint density at radius 3 is 2.91 bits per heavy atom. The highest BCUT2D eigenvalue weighted by molar-refractivity contribution is 9.10. The Bertz CT molecular complexity index is 904. The molecular weight excluding hydrogens is 356 g/mol. The van der Waals surface area contributed by atoms with Crippen LogP contribution in [0.3, 0.4) is 0 Å². The van der Waals surface area contributed by atoms with Gasteiger partial charge in [0.1, 0.15) is 0 Å². The number of hydrazine groups is 1. The zero-order chi connectivity index (χ0) is 16.0. The van der Waals surface area contributed by atoms with Crippen molar-refractivity contribution in [3.8, 4) is 0 Å². The smallest absolute Gasteiger partial charge is 0.285 e. The average molecular weight is 371 g/mol. The molecule has 0 radical (unpaired) electrons. The molecule has 0 fully saturated rings. The molecule has 0 saturated heterocycles. The molecule has 0 spiro atoms. The van der Waals surface area contributed by atoms with E-state index in [4.69, 9.17) is 0 Å². The summed E-state index contributed by atoms with van der Waals surface area (Å²) in [7, 11) is 1.92. The first-order valence-electron chi connectivity index (χ1n) is 7.42. The summed E-state index contributed by atoms with van der Waals surface area (Å²) in [6.07, 6.45) is 2.70. The third-order valence-electron chi connectivity index (χ3n) is 4.17. The number of fused-ring (bicyclic) bond motifs is 2. The topological polar surface area (TPSA) is 40.9 Å². The molecule has 0 atom stereocenters. The van der Waals surface area contributed by atoms with Gasteiger partial charge in [-0.15, -0.1) is 0 Å². The molecule has 23 heavy (non-hydrogen) atoms. The lowest BCUT2D eigenvalue weighted by Crippen LogP contribution is -2.48. The van der Waals surface area contributed by atoms with E-state index >= 15 is 0 Å². The molecule has 2 aromatic heterocycles. The van der Waals surface area contributed by atoms with Crippen LogP contribution >= 0.6 is 15.9 Å². The minimum absolute atomic E-state index is 0.0816. The lowest BCUT2D eigenvalue weighted by Gasteiger charge is -2.38. The van der Waals surface area contributed by atoms with E-state index in [0.717, 1.165) is 22.1 Å². The molecule has 1 aliphatic heterocycles. The number of carbonyl (C=O) groups is 1. The lowest BCUT2D eigenvalue weighted by molar-refractivity contribution is 0.0732. The fourth-order valence-corrected chi connectivity index (χ4v) is 3.31. The van der Waals surface area contributed by atoms with Crippen molar-refractivity contribution < 1.29 is 4.79 Å². The van der Waals surface area contributed by atoms with E-state index in [0.29, 0.717) is 12.2 Å². The number of benzene rings is 1. The van der Waals surface area contributed by atoms with Gasteiger partial charge in [-0.25, -0.2) is 9.52 Å². The van der Waals surface area contributed by atoms with Crippen LogP contribution in [-0.4, -0.2) is 34.1 Å². The van der Waals surface area contributed by atoms with Crippen LogP contribution < -0.4 is 5.01 Å². The van der Waals surface area contributed by atoms with E-state index < -0.39 is 0 Å². The van der Waals surface area contributed by atoms with Crippen LogP contribution in [0.25, 0.3) is 5.52 Å². The van der Waals surface area contributed by atoms with Gasteiger partial charge >= 0.3 is 0 Å². The van der Waals surface area contributed by atoms with Gasteiger partial charge in [0, 0.05) is 24.3 Å². The SMILES string of the molecule is CN1c2ccccc2CCN1C(=O)c1cc2ccc(Br)cn2n1. The molecule has 5 nitrogen and oxygen atoms in total. The summed E-state index contributed by atoms with van der Waals surface area (Å²) in [5.41, 5.74) is 3.68. The number of para-hydroxylation sites is 1. The third-order valence-corrected chi connectivity index (χ3v) is 4.64. The van der Waals surface area contributed by atoms with Gasteiger partial charge in [-0.05, 0) is 52.2 Å². The van der Waals surface area contributed by atoms with Crippen molar-refractivity contribution in [3.63, 3.8) is 0 Å². The van der Waals surface area contributed by atoms with Crippen LogP contribution in [0.4, 0.5) is 5.69 Å². The Hall–Kier alpha value is -2.34. The highest BCUT2D eigenvalue weighted by Crippen LogP contribution is 2.27. The number of hydrogen-bond donors (Lipinski definition) is 0. The zero-order valence-corrected chi connectivity index (χ0v) is 14.2. The van der Waals surface area contributed by atoms with Crippen LogP contribution in [0.2, 0.25) is 0 Å². The Morgan fingerprint density at radius 2 is 2.04 bits per heavy atom. The number of halogens is 1. The fourth-order valence-electron chi connectivity index (χ4n) is 2.98. The van der Waals surface area contributed by atoms with Crippen LogP contribution in [0.1, 0.15) is 16.1 Å². The molecule has 1 aromatic carbocycles. The summed E-state index contributed by atoms with van der Waals surface area (Å²) >= 11 is 3.42. The molecule has 0 aliphatic carbocycles. The van der Waals surface area contributed by atoms with Crippen LogP contribution in [-0.2, 0) is 6.42 Å². The van der Waals surface area contributed by atoms with Crippen molar-refractivity contribution in [3.05, 3.63) is 64.4 Å². The van der Waals surface area contributed by atoms with Crippen LogP contribution in [0, 0.1) is 0 Å². The maximum atomic E-state index is 12.9. The molecule has 116 valence electrons. The first-order chi connectivity index (χ1) is 11.1. The molecular formula is C17H15BrN4O. The van der Waals surface area contributed by atoms with E-state index in [-0.39, 0.29) is 5.91 Å². The largest absolute Gasteiger partial charge is 0.292 e. The summed E-state index contributed by atoms with van der Waals surface area (Å²) in [5.74, 6) is -0.0816. The van der Waals surface area contributed by atoms with Crippen LogP contribution in [0.5, 0.6) is 0 Å². The van der Waals surface area contributed by atoms with E-state index in [1.54, 1.807) is 9.52 Å². The van der Waals surface area contributed by atoms with Crippen molar-refractivity contribution in [1.82, 2.24) is 14.6 Å². The number of aromatic nitrogens is 2. The van der Waals surface area contributed by atoms with Gasteiger partial charge in [-0.3, -0.25) is 9.80 Å². The van der Waals surface area contributed by atoms with Crippen molar-refractivity contribution in [1.29, 1.82) is 0 Å². The van der Waals surface area contributed by atoms with E-state index in [1.165, 1.54) is 5.56 Å². The number of pyridine rings is 1. The van der Waals surface area contributed by atoms with Gasteiger partial charge < -0.3 is 0 Å². The van der Waals surface area contributed by atoms with E-state index in [1.807, 2.05) is 54.7 Å². The number of amides is 1. The molecule has 0 N–H and O–H groups in total. The second kappa shape index (κ2) is 5.38. The summed E-state index contributed by atoms with van der Waals surface area (Å²) in [4.78, 5) is 12.9. The summed E-state index contributed by atoms with van der Waals surface area (Å²) in [6.45, 7) is 0.657. The molecule has 0 bridgehead atoms. The third kappa shape index (κ3) is 2.39. The van der Waals surface area contributed by atoms with Crippen molar-refractivity contribution >= 4 is 33.0 Å². The zero-order valence-electron chi connectivity index (χ0n) is 12.6. The molecule has 4 rings (SSSR count). The van der Waals surface area contributed by atoms with Crippen LogP contribution in [0.15, 0.2) is 53.1 Å². The molecule has 3 aromatic rings. The van der Waals surface area contributed by atoms with Gasteiger partial charge in [0.15, 0.2) is 5.69 Å². The second-order valence-electron chi connectivity index (χ2n) is 5.58. The molecule has 0 unspecified atom stereocenters. The Labute approximate surface area is 142 Å². The van der Waals surface area contributed by atoms with Crippen molar-refractivity contribution in [2.45, 2.75) is 6.42 Å². The van der Waals surface area contributed by atoms with E-state index in [2.05, 4.69) is 27.1 Å². The molecule has 0 saturated carbocycles. The summed E-state index contributed by atoms with van der Waals surface area (Å²) in [5, 5.41) is 8.07. The molecule has 1 amide bonds. The molecule has 6 heteroatoms. The van der Waals surface area contributed by atoms with Gasteiger partial charge in [0.05, 0.1) is 11.2 Å². The molecule has 1 aliphatic rings. The van der Waals surface area contributed by atoms with Gasteiger partial charge in [-0.1, -0.05) is 18.2 Å². The number of hydrogen-bond acceptors (Lipinski definition) is 3. The Morgan fingerprint density at radius 1 is 1.22 bits per heavy atom. The minimum Gasteiger partial charge on any atom is -0.285 e. The Balaban J connectivity index is 1.68. The Kier molecular flexibility index (Phi) is 3.34. The average Bonchev–Trinajstić information content (AvgIpc) is 2.98. The monoisotopic (exact) mass is 370 g/mol. The van der Waals surface area contributed by atoms with E-state index in [9.17, 15) is 4.79 Å². The van der Waals surface area contributed by atoms with Gasteiger partial charge in [-0.2, -0.15) is 5.10 Å². The number of nitrogens with zero attached hydrogens (tertiary/aromatic N) is 4.